The third kappa shape index (κ3) is 3.05. The standard InChI is InChI=1S/C21H24N4O/c1-16-8-6-9-17(14-16)25-20(21(26)24-12-4-3-5-13-24)15-18(22-25)19-10-7-11-23(19)2/h6-11,14-15H,3-5,12-13H2,1-2H3. The van der Waals surface area contributed by atoms with E-state index in [0.29, 0.717) is 5.69 Å². The maximum Gasteiger partial charge on any atom is 0.272 e. The van der Waals surface area contributed by atoms with Crippen molar-refractivity contribution < 1.29 is 4.79 Å². The van der Waals surface area contributed by atoms with E-state index in [4.69, 9.17) is 5.10 Å². The quantitative estimate of drug-likeness (QED) is 0.722. The van der Waals surface area contributed by atoms with Gasteiger partial charge in [-0.3, -0.25) is 4.79 Å². The van der Waals surface area contributed by atoms with E-state index in [1.165, 1.54) is 6.42 Å². The number of likely N-dealkylation sites (tertiary alicyclic amines) is 1. The van der Waals surface area contributed by atoms with Crippen LogP contribution in [-0.4, -0.2) is 38.2 Å². The molecule has 5 heteroatoms. The van der Waals surface area contributed by atoms with Crippen LogP contribution in [0.4, 0.5) is 0 Å². The molecular formula is C21H24N4O. The molecule has 0 unspecified atom stereocenters. The van der Waals surface area contributed by atoms with Crippen molar-refractivity contribution in [3.63, 3.8) is 0 Å². The summed E-state index contributed by atoms with van der Waals surface area (Å²) in [5, 5.41) is 4.79. The molecular weight excluding hydrogens is 324 g/mol. The Morgan fingerprint density at radius 3 is 2.54 bits per heavy atom. The van der Waals surface area contributed by atoms with Crippen molar-refractivity contribution in [2.45, 2.75) is 26.2 Å². The number of aromatic nitrogens is 3. The molecule has 0 spiro atoms. The van der Waals surface area contributed by atoms with Crippen LogP contribution in [0, 0.1) is 6.92 Å². The van der Waals surface area contributed by atoms with Crippen molar-refractivity contribution in [1.82, 2.24) is 19.2 Å². The maximum absolute atomic E-state index is 13.2. The highest BCUT2D eigenvalue weighted by atomic mass is 16.2. The number of piperidine rings is 1. The van der Waals surface area contributed by atoms with Crippen molar-refractivity contribution in [3.05, 3.63) is 59.9 Å². The SMILES string of the molecule is Cc1cccc(-n2nc(-c3cccn3C)cc2C(=O)N2CCCCC2)c1. The van der Waals surface area contributed by atoms with E-state index in [0.717, 1.165) is 48.6 Å². The summed E-state index contributed by atoms with van der Waals surface area (Å²) in [5.41, 5.74) is 4.53. The van der Waals surface area contributed by atoms with Crippen LogP contribution in [0.25, 0.3) is 17.1 Å². The average molecular weight is 348 g/mol. The van der Waals surface area contributed by atoms with E-state index in [1.807, 2.05) is 53.0 Å². The molecule has 0 N–H and O–H groups in total. The second kappa shape index (κ2) is 6.83. The summed E-state index contributed by atoms with van der Waals surface area (Å²) in [7, 11) is 1.99. The zero-order valence-electron chi connectivity index (χ0n) is 15.4. The topological polar surface area (TPSA) is 43.1 Å². The first-order valence-electron chi connectivity index (χ1n) is 9.21. The monoisotopic (exact) mass is 348 g/mol. The number of aryl methyl sites for hydroxylation is 2. The largest absolute Gasteiger partial charge is 0.349 e. The number of hydrogen-bond acceptors (Lipinski definition) is 2. The van der Waals surface area contributed by atoms with Gasteiger partial charge in [-0.2, -0.15) is 5.10 Å². The third-order valence-corrected chi connectivity index (χ3v) is 5.02. The molecule has 4 rings (SSSR count). The van der Waals surface area contributed by atoms with Gasteiger partial charge in [-0.05, 0) is 62.1 Å². The van der Waals surface area contributed by atoms with Gasteiger partial charge in [0.15, 0.2) is 0 Å². The number of benzene rings is 1. The normalized spacial score (nSPS) is 14.6. The fourth-order valence-electron chi connectivity index (χ4n) is 3.60. The second-order valence-corrected chi connectivity index (χ2v) is 7.02. The number of carbonyl (C=O) groups excluding carboxylic acids is 1. The summed E-state index contributed by atoms with van der Waals surface area (Å²) in [6.45, 7) is 3.71. The lowest BCUT2D eigenvalue weighted by atomic mass is 10.1. The molecule has 3 aromatic rings. The Bertz CT molecular complexity index is 931. The van der Waals surface area contributed by atoms with Crippen molar-refractivity contribution in [2.75, 3.05) is 13.1 Å². The number of amides is 1. The molecule has 0 radical (unpaired) electrons. The highest BCUT2D eigenvalue weighted by Crippen LogP contribution is 2.24. The minimum atomic E-state index is 0.0687. The van der Waals surface area contributed by atoms with Gasteiger partial charge >= 0.3 is 0 Å². The molecule has 5 nitrogen and oxygen atoms in total. The predicted molar refractivity (Wildman–Crippen MR) is 102 cm³/mol. The third-order valence-electron chi connectivity index (χ3n) is 5.02. The molecule has 1 saturated heterocycles. The summed E-state index contributed by atoms with van der Waals surface area (Å²) in [4.78, 5) is 15.2. The van der Waals surface area contributed by atoms with Crippen molar-refractivity contribution in [3.8, 4) is 17.1 Å². The summed E-state index contributed by atoms with van der Waals surface area (Å²) >= 11 is 0. The maximum atomic E-state index is 13.2. The van der Waals surface area contributed by atoms with Crippen LogP contribution in [0.3, 0.4) is 0 Å². The van der Waals surface area contributed by atoms with Gasteiger partial charge in [0, 0.05) is 26.3 Å². The zero-order valence-corrected chi connectivity index (χ0v) is 15.4. The molecule has 134 valence electrons. The highest BCUT2D eigenvalue weighted by Gasteiger charge is 2.24. The summed E-state index contributed by atoms with van der Waals surface area (Å²) in [6.07, 6.45) is 5.35. The average Bonchev–Trinajstić information content (AvgIpc) is 3.28. The Hall–Kier alpha value is -2.82. The fourth-order valence-corrected chi connectivity index (χ4v) is 3.60. The number of rotatable bonds is 3. The lowest BCUT2D eigenvalue weighted by molar-refractivity contribution is 0.0715. The Morgan fingerprint density at radius 1 is 1.04 bits per heavy atom. The second-order valence-electron chi connectivity index (χ2n) is 7.02. The molecule has 1 amide bonds. The fraction of sp³-hybridized carbons (Fsp3) is 0.333. The lowest BCUT2D eigenvalue weighted by Gasteiger charge is -2.26. The van der Waals surface area contributed by atoms with Gasteiger partial charge in [0.05, 0.1) is 11.4 Å². The molecule has 0 atom stereocenters. The van der Waals surface area contributed by atoms with E-state index in [-0.39, 0.29) is 5.91 Å². The van der Waals surface area contributed by atoms with Crippen LogP contribution in [0.15, 0.2) is 48.7 Å². The Balaban J connectivity index is 1.81. The van der Waals surface area contributed by atoms with Crippen LogP contribution in [0.5, 0.6) is 0 Å². The summed E-state index contributed by atoms with van der Waals surface area (Å²) in [5.74, 6) is 0.0687. The highest BCUT2D eigenvalue weighted by molar-refractivity contribution is 5.94. The summed E-state index contributed by atoms with van der Waals surface area (Å²) < 4.78 is 3.82. The van der Waals surface area contributed by atoms with Crippen LogP contribution in [0.1, 0.15) is 35.3 Å². The van der Waals surface area contributed by atoms with Gasteiger partial charge < -0.3 is 9.47 Å². The number of nitrogens with zero attached hydrogens (tertiary/aromatic N) is 4. The van der Waals surface area contributed by atoms with E-state index in [9.17, 15) is 4.79 Å². The van der Waals surface area contributed by atoms with E-state index in [2.05, 4.69) is 19.1 Å². The van der Waals surface area contributed by atoms with Crippen LogP contribution in [-0.2, 0) is 7.05 Å². The van der Waals surface area contributed by atoms with E-state index >= 15 is 0 Å². The summed E-state index contributed by atoms with van der Waals surface area (Å²) in [6, 6.07) is 14.1. The molecule has 0 bridgehead atoms. The predicted octanol–water partition coefficient (Wildman–Crippen LogP) is 3.81. The molecule has 1 aromatic carbocycles. The van der Waals surface area contributed by atoms with Crippen molar-refractivity contribution in [2.24, 2.45) is 7.05 Å². The first-order valence-corrected chi connectivity index (χ1v) is 9.21. The molecule has 0 saturated carbocycles. The first-order chi connectivity index (χ1) is 12.6. The minimum Gasteiger partial charge on any atom is -0.349 e. The molecule has 1 aliphatic heterocycles. The number of carbonyl (C=O) groups is 1. The Morgan fingerprint density at radius 2 is 1.85 bits per heavy atom. The molecule has 2 aromatic heterocycles. The van der Waals surface area contributed by atoms with Gasteiger partial charge in [-0.25, -0.2) is 4.68 Å². The lowest BCUT2D eigenvalue weighted by Crippen LogP contribution is -2.36. The van der Waals surface area contributed by atoms with Crippen LogP contribution in [0.2, 0.25) is 0 Å². The van der Waals surface area contributed by atoms with Gasteiger partial charge in [0.2, 0.25) is 0 Å². The van der Waals surface area contributed by atoms with Gasteiger partial charge in [-0.15, -0.1) is 0 Å². The molecule has 0 aliphatic carbocycles. The smallest absolute Gasteiger partial charge is 0.272 e. The van der Waals surface area contributed by atoms with Crippen LogP contribution < -0.4 is 0 Å². The van der Waals surface area contributed by atoms with Crippen LogP contribution >= 0.6 is 0 Å². The molecule has 3 heterocycles. The van der Waals surface area contributed by atoms with E-state index < -0.39 is 0 Å². The Kier molecular flexibility index (Phi) is 4.37. The molecule has 26 heavy (non-hydrogen) atoms. The van der Waals surface area contributed by atoms with Crippen molar-refractivity contribution in [1.29, 1.82) is 0 Å². The first kappa shape index (κ1) is 16.6. The van der Waals surface area contributed by atoms with Gasteiger partial charge in [0.25, 0.3) is 5.91 Å². The van der Waals surface area contributed by atoms with Gasteiger partial charge in [0.1, 0.15) is 11.4 Å². The number of hydrogen-bond donors (Lipinski definition) is 0. The molecule has 1 aliphatic rings. The van der Waals surface area contributed by atoms with Crippen molar-refractivity contribution >= 4 is 5.91 Å². The Labute approximate surface area is 153 Å². The minimum absolute atomic E-state index is 0.0687. The molecule has 1 fully saturated rings. The van der Waals surface area contributed by atoms with E-state index in [1.54, 1.807) is 4.68 Å². The van der Waals surface area contributed by atoms with Gasteiger partial charge in [-0.1, -0.05) is 12.1 Å². The zero-order chi connectivity index (χ0) is 18.1.